The van der Waals surface area contributed by atoms with Crippen molar-refractivity contribution in [1.29, 1.82) is 0 Å². The summed E-state index contributed by atoms with van der Waals surface area (Å²) in [4.78, 5) is 11.8. The third kappa shape index (κ3) is 3.34. The van der Waals surface area contributed by atoms with Gasteiger partial charge in [-0.1, -0.05) is 11.6 Å². The van der Waals surface area contributed by atoms with Crippen molar-refractivity contribution in [1.82, 2.24) is 5.32 Å². The van der Waals surface area contributed by atoms with Crippen molar-refractivity contribution >= 4 is 35.0 Å². The first-order chi connectivity index (χ1) is 8.16. The Balaban J connectivity index is 1.99. The second kappa shape index (κ2) is 5.71. The minimum Gasteiger partial charge on any atom is -0.325 e. The van der Waals surface area contributed by atoms with Crippen LogP contribution in [0.15, 0.2) is 18.2 Å². The molecule has 1 saturated heterocycles. The fraction of sp³-hybridized carbons (Fsp3) is 0.364. The molecule has 1 aliphatic heterocycles. The molecular formula is C11H12ClFN2OS. The first-order valence-corrected chi connectivity index (χ1v) is 6.77. The molecular weight excluding hydrogens is 263 g/mol. The second-order valence-electron chi connectivity index (χ2n) is 3.70. The van der Waals surface area contributed by atoms with Gasteiger partial charge >= 0.3 is 0 Å². The SMILES string of the molecule is O=C(Nc1ccc(F)c(Cl)c1)C1CSCCN1. The van der Waals surface area contributed by atoms with E-state index in [0.29, 0.717) is 5.69 Å². The molecule has 92 valence electrons. The summed E-state index contributed by atoms with van der Waals surface area (Å²) in [5.41, 5.74) is 0.513. The quantitative estimate of drug-likeness (QED) is 0.868. The number of carbonyl (C=O) groups is 1. The summed E-state index contributed by atoms with van der Waals surface area (Å²) in [6.07, 6.45) is 0. The maximum Gasteiger partial charge on any atom is 0.242 e. The summed E-state index contributed by atoms with van der Waals surface area (Å²) in [6, 6.07) is 3.94. The van der Waals surface area contributed by atoms with Crippen LogP contribution in [0.2, 0.25) is 5.02 Å². The van der Waals surface area contributed by atoms with Gasteiger partial charge in [-0.15, -0.1) is 0 Å². The Hall–Kier alpha value is -0.780. The van der Waals surface area contributed by atoms with Gasteiger partial charge in [0.25, 0.3) is 0 Å². The average molecular weight is 275 g/mol. The summed E-state index contributed by atoms with van der Waals surface area (Å²) in [6.45, 7) is 0.826. The van der Waals surface area contributed by atoms with Gasteiger partial charge in [0.2, 0.25) is 5.91 Å². The van der Waals surface area contributed by atoms with Gasteiger partial charge in [-0.25, -0.2) is 4.39 Å². The van der Waals surface area contributed by atoms with Crippen LogP contribution in [0.25, 0.3) is 0 Å². The lowest BCUT2D eigenvalue weighted by atomic mass is 10.2. The maximum atomic E-state index is 12.9. The van der Waals surface area contributed by atoms with Crippen molar-refractivity contribution in [3.63, 3.8) is 0 Å². The van der Waals surface area contributed by atoms with Crippen LogP contribution < -0.4 is 10.6 Å². The van der Waals surface area contributed by atoms with Gasteiger partial charge in [0.05, 0.1) is 11.1 Å². The van der Waals surface area contributed by atoms with Gasteiger partial charge in [0, 0.05) is 23.7 Å². The van der Waals surface area contributed by atoms with Crippen molar-refractivity contribution in [2.75, 3.05) is 23.4 Å². The number of nitrogens with one attached hydrogen (secondary N) is 2. The van der Waals surface area contributed by atoms with E-state index in [2.05, 4.69) is 10.6 Å². The number of hydrogen-bond donors (Lipinski definition) is 2. The lowest BCUT2D eigenvalue weighted by Gasteiger charge is -2.22. The van der Waals surface area contributed by atoms with E-state index >= 15 is 0 Å². The number of anilines is 1. The van der Waals surface area contributed by atoms with Crippen molar-refractivity contribution in [2.24, 2.45) is 0 Å². The Kier molecular flexibility index (Phi) is 4.25. The van der Waals surface area contributed by atoms with E-state index in [1.54, 1.807) is 11.8 Å². The lowest BCUT2D eigenvalue weighted by molar-refractivity contribution is -0.117. The lowest BCUT2D eigenvalue weighted by Crippen LogP contribution is -2.46. The van der Waals surface area contributed by atoms with Crippen LogP contribution in [0.5, 0.6) is 0 Å². The molecule has 1 atom stereocenters. The van der Waals surface area contributed by atoms with Gasteiger partial charge in [-0.05, 0) is 18.2 Å². The van der Waals surface area contributed by atoms with Crippen molar-refractivity contribution in [3.8, 4) is 0 Å². The highest BCUT2D eigenvalue weighted by atomic mass is 35.5. The van der Waals surface area contributed by atoms with Gasteiger partial charge in [0.1, 0.15) is 5.82 Å². The minimum atomic E-state index is -0.490. The van der Waals surface area contributed by atoms with E-state index in [-0.39, 0.29) is 17.0 Å². The predicted molar refractivity (Wildman–Crippen MR) is 69.2 cm³/mol. The Labute approximate surface area is 108 Å². The van der Waals surface area contributed by atoms with Crippen molar-refractivity contribution in [2.45, 2.75) is 6.04 Å². The van der Waals surface area contributed by atoms with Crippen LogP contribution in [0, 0.1) is 5.82 Å². The highest BCUT2D eigenvalue weighted by Gasteiger charge is 2.20. The van der Waals surface area contributed by atoms with Crippen LogP contribution >= 0.6 is 23.4 Å². The molecule has 0 spiro atoms. The number of amides is 1. The number of thioether (sulfide) groups is 1. The van der Waals surface area contributed by atoms with Gasteiger partial charge in [-0.3, -0.25) is 4.79 Å². The van der Waals surface area contributed by atoms with E-state index in [9.17, 15) is 9.18 Å². The topological polar surface area (TPSA) is 41.1 Å². The van der Waals surface area contributed by atoms with Crippen molar-refractivity contribution < 1.29 is 9.18 Å². The Morgan fingerprint density at radius 3 is 3.06 bits per heavy atom. The van der Waals surface area contributed by atoms with Gasteiger partial charge < -0.3 is 10.6 Å². The number of carbonyl (C=O) groups excluding carboxylic acids is 1. The van der Waals surface area contributed by atoms with Crippen LogP contribution in [0.4, 0.5) is 10.1 Å². The third-order valence-electron chi connectivity index (χ3n) is 2.43. The summed E-state index contributed by atoms with van der Waals surface area (Å²) in [7, 11) is 0. The largest absolute Gasteiger partial charge is 0.325 e. The van der Waals surface area contributed by atoms with Crippen molar-refractivity contribution in [3.05, 3.63) is 29.0 Å². The highest BCUT2D eigenvalue weighted by Crippen LogP contribution is 2.19. The van der Waals surface area contributed by atoms with E-state index in [1.165, 1.54) is 18.2 Å². The van der Waals surface area contributed by atoms with Crippen LogP contribution in [0.3, 0.4) is 0 Å². The number of hydrogen-bond acceptors (Lipinski definition) is 3. The normalized spacial score (nSPS) is 20.0. The second-order valence-corrected chi connectivity index (χ2v) is 5.26. The monoisotopic (exact) mass is 274 g/mol. The molecule has 6 heteroatoms. The standard InChI is InChI=1S/C11H12ClFN2OS/c12-8-5-7(1-2-9(8)13)15-11(16)10-6-17-4-3-14-10/h1-2,5,10,14H,3-4,6H2,(H,15,16). The molecule has 0 saturated carbocycles. The van der Waals surface area contributed by atoms with E-state index in [1.807, 2.05) is 0 Å². The first kappa shape index (κ1) is 12.7. The zero-order chi connectivity index (χ0) is 12.3. The molecule has 3 nitrogen and oxygen atoms in total. The zero-order valence-electron chi connectivity index (χ0n) is 9.00. The fourth-order valence-electron chi connectivity index (χ4n) is 1.54. The Morgan fingerprint density at radius 2 is 2.41 bits per heavy atom. The third-order valence-corrected chi connectivity index (χ3v) is 3.78. The minimum absolute atomic E-state index is 0.00813. The van der Waals surface area contributed by atoms with Gasteiger partial charge in [0.15, 0.2) is 0 Å². The zero-order valence-corrected chi connectivity index (χ0v) is 10.6. The van der Waals surface area contributed by atoms with Crippen LogP contribution in [-0.2, 0) is 4.79 Å². The number of benzene rings is 1. The molecule has 0 aliphatic carbocycles. The summed E-state index contributed by atoms with van der Waals surface area (Å²) < 4.78 is 12.9. The molecule has 1 aromatic carbocycles. The molecule has 17 heavy (non-hydrogen) atoms. The molecule has 2 N–H and O–H groups in total. The number of halogens is 2. The molecule has 1 unspecified atom stereocenters. The van der Waals surface area contributed by atoms with Gasteiger partial charge in [-0.2, -0.15) is 11.8 Å². The van der Waals surface area contributed by atoms with E-state index < -0.39 is 5.82 Å². The maximum absolute atomic E-state index is 12.9. The number of rotatable bonds is 2. The molecule has 0 radical (unpaired) electrons. The molecule has 1 amide bonds. The van der Waals surface area contributed by atoms with E-state index in [4.69, 9.17) is 11.6 Å². The summed E-state index contributed by atoms with van der Waals surface area (Å²) in [5, 5.41) is 5.85. The van der Waals surface area contributed by atoms with E-state index in [0.717, 1.165) is 18.1 Å². The first-order valence-electron chi connectivity index (χ1n) is 5.24. The Bertz CT molecular complexity index is 424. The molecule has 1 heterocycles. The molecule has 1 aliphatic rings. The molecule has 0 aromatic heterocycles. The molecule has 1 aromatic rings. The Morgan fingerprint density at radius 1 is 1.59 bits per heavy atom. The highest BCUT2D eigenvalue weighted by molar-refractivity contribution is 7.99. The summed E-state index contributed by atoms with van der Waals surface area (Å²) >= 11 is 7.38. The molecule has 0 bridgehead atoms. The molecule has 1 fully saturated rings. The van der Waals surface area contributed by atoms with Crippen LogP contribution in [0.1, 0.15) is 0 Å². The molecule has 2 rings (SSSR count). The van der Waals surface area contributed by atoms with Crippen LogP contribution in [-0.4, -0.2) is 30.0 Å². The predicted octanol–water partition coefficient (Wildman–Crippen LogP) is 2.12. The fourth-order valence-corrected chi connectivity index (χ4v) is 2.65. The average Bonchev–Trinajstić information content (AvgIpc) is 2.35. The smallest absolute Gasteiger partial charge is 0.242 e. The summed E-state index contributed by atoms with van der Waals surface area (Å²) in [5.74, 6) is 1.17.